The highest BCUT2D eigenvalue weighted by Crippen LogP contribution is 2.20. The second-order valence-electron chi connectivity index (χ2n) is 4.02. The second-order valence-corrected chi connectivity index (χ2v) is 6.32. The molecule has 2 aromatic rings. The largest absolute Gasteiger partial charge is 0.348 e. The van der Waals surface area contributed by atoms with E-state index < -0.39 is 0 Å². The van der Waals surface area contributed by atoms with Crippen LogP contribution in [0.2, 0.25) is 0 Å². The average Bonchev–Trinajstić information content (AvgIpc) is 2.90. The normalized spacial score (nSPS) is 9.70. The summed E-state index contributed by atoms with van der Waals surface area (Å²) in [5.74, 6) is 5.69. The van der Waals surface area contributed by atoms with Gasteiger partial charge in [-0.25, -0.2) is 0 Å². The lowest BCUT2D eigenvalue weighted by molar-refractivity contribution is 0.0951. The van der Waals surface area contributed by atoms with Crippen LogP contribution in [0.4, 0.5) is 0 Å². The van der Waals surface area contributed by atoms with Crippen molar-refractivity contribution in [3.05, 3.63) is 56.2 Å². The molecule has 0 bridgehead atoms. The summed E-state index contributed by atoms with van der Waals surface area (Å²) in [6, 6.07) is 9.55. The molecule has 3 nitrogen and oxygen atoms in total. The first-order chi connectivity index (χ1) is 9.69. The molecular weight excluding hydrogens is 336 g/mol. The lowest BCUT2D eigenvalue weighted by Gasteiger charge is -2.04. The molecule has 0 fully saturated rings. The molecule has 2 rings (SSSR count). The van der Waals surface area contributed by atoms with Gasteiger partial charge in [-0.05, 0) is 39.7 Å². The van der Waals surface area contributed by atoms with Crippen molar-refractivity contribution in [2.45, 2.75) is 6.54 Å². The molecule has 1 amide bonds. The highest BCUT2D eigenvalue weighted by molar-refractivity contribution is 9.11. The Hall–Kier alpha value is -1.61. The van der Waals surface area contributed by atoms with Gasteiger partial charge in [-0.1, -0.05) is 24.0 Å². The van der Waals surface area contributed by atoms with Crippen molar-refractivity contribution < 1.29 is 4.79 Å². The van der Waals surface area contributed by atoms with Crippen molar-refractivity contribution in [1.82, 2.24) is 5.32 Å². The van der Waals surface area contributed by atoms with Gasteiger partial charge < -0.3 is 11.1 Å². The van der Waals surface area contributed by atoms with Gasteiger partial charge in [0.2, 0.25) is 0 Å². The summed E-state index contributed by atoms with van der Waals surface area (Å²) >= 11 is 4.84. The molecule has 0 saturated carbocycles. The lowest BCUT2D eigenvalue weighted by Crippen LogP contribution is -2.22. The molecule has 0 aliphatic carbocycles. The van der Waals surface area contributed by atoms with E-state index in [0.717, 1.165) is 14.9 Å². The lowest BCUT2D eigenvalue weighted by atomic mass is 10.1. The molecule has 1 aromatic carbocycles. The van der Waals surface area contributed by atoms with E-state index in [1.807, 2.05) is 35.7 Å². The summed E-state index contributed by atoms with van der Waals surface area (Å²) in [5.41, 5.74) is 7.95. The fourth-order valence-corrected chi connectivity index (χ4v) is 2.71. The van der Waals surface area contributed by atoms with Gasteiger partial charge >= 0.3 is 0 Å². The van der Waals surface area contributed by atoms with E-state index in [0.29, 0.717) is 18.7 Å². The van der Waals surface area contributed by atoms with Crippen LogP contribution in [0.15, 0.2) is 39.5 Å². The monoisotopic (exact) mass is 348 g/mol. The van der Waals surface area contributed by atoms with E-state index >= 15 is 0 Å². The maximum absolute atomic E-state index is 11.9. The Morgan fingerprint density at radius 1 is 1.35 bits per heavy atom. The minimum atomic E-state index is -0.0704. The smallest absolute Gasteiger partial charge is 0.252 e. The number of carbonyl (C=O) groups is 1. The first-order valence-corrected chi connectivity index (χ1v) is 7.66. The van der Waals surface area contributed by atoms with Crippen LogP contribution >= 0.6 is 27.3 Å². The number of carbonyl (C=O) groups excluding carboxylic acids is 1. The van der Waals surface area contributed by atoms with Gasteiger partial charge in [-0.2, -0.15) is 0 Å². The predicted octanol–water partition coefficient (Wildman–Crippen LogP) is 2.75. The number of benzene rings is 1. The summed E-state index contributed by atoms with van der Waals surface area (Å²) in [6.45, 7) is 0.852. The Kier molecular flexibility index (Phi) is 5.36. The second kappa shape index (κ2) is 7.25. The van der Waals surface area contributed by atoms with Crippen LogP contribution in [0, 0.1) is 11.8 Å². The Labute approximate surface area is 130 Å². The van der Waals surface area contributed by atoms with Crippen LogP contribution < -0.4 is 11.1 Å². The van der Waals surface area contributed by atoms with Gasteiger partial charge in [0.05, 0.1) is 15.9 Å². The third kappa shape index (κ3) is 4.20. The molecule has 102 valence electrons. The Morgan fingerprint density at radius 3 is 2.70 bits per heavy atom. The van der Waals surface area contributed by atoms with Crippen LogP contribution in [0.1, 0.15) is 21.5 Å². The molecule has 0 saturated heterocycles. The van der Waals surface area contributed by atoms with E-state index in [-0.39, 0.29) is 5.91 Å². The van der Waals surface area contributed by atoms with Gasteiger partial charge in [0.15, 0.2) is 0 Å². The molecular formula is C15H13BrN2OS. The molecule has 0 atom stereocenters. The number of halogens is 1. The van der Waals surface area contributed by atoms with Gasteiger partial charge in [0.25, 0.3) is 5.91 Å². The quantitative estimate of drug-likeness (QED) is 0.838. The Bertz CT molecular complexity index is 653. The summed E-state index contributed by atoms with van der Waals surface area (Å²) in [7, 11) is 0. The Morgan fingerprint density at radius 2 is 2.10 bits per heavy atom. The van der Waals surface area contributed by atoms with Crippen LogP contribution in [-0.4, -0.2) is 12.5 Å². The summed E-state index contributed by atoms with van der Waals surface area (Å²) in [5, 5.41) is 4.71. The van der Waals surface area contributed by atoms with E-state index in [4.69, 9.17) is 5.73 Å². The minimum Gasteiger partial charge on any atom is -0.348 e. The molecule has 0 aliphatic rings. The number of thiophene rings is 1. The van der Waals surface area contributed by atoms with E-state index in [9.17, 15) is 4.79 Å². The maximum Gasteiger partial charge on any atom is 0.252 e. The number of hydrogen-bond donors (Lipinski definition) is 2. The van der Waals surface area contributed by atoms with Gasteiger partial charge in [-0.3, -0.25) is 4.79 Å². The summed E-state index contributed by atoms with van der Waals surface area (Å²) < 4.78 is 0.950. The van der Waals surface area contributed by atoms with Crippen LogP contribution in [0.3, 0.4) is 0 Å². The van der Waals surface area contributed by atoms with Crippen molar-refractivity contribution in [2.24, 2.45) is 5.73 Å². The number of nitrogens with two attached hydrogens (primary N) is 1. The molecule has 3 N–H and O–H groups in total. The van der Waals surface area contributed by atoms with E-state index in [1.165, 1.54) is 11.3 Å². The first-order valence-electron chi connectivity index (χ1n) is 5.99. The molecule has 5 heteroatoms. The van der Waals surface area contributed by atoms with Crippen molar-refractivity contribution in [3.63, 3.8) is 0 Å². The average molecular weight is 349 g/mol. The number of amides is 1. The maximum atomic E-state index is 11.9. The zero-order valence-electron chi connectivity index (χ0n) is 10.7. The number of rotatable bonds is 3. The third-order valence-electron chi connectivity index (χ3n) is 2.57. The van der Waals surface area contributed by atoms with Crippen molar-refractivity contribution in [3.8, 4) is 11.8 Å². The Balaban J connectivity index is 1.92. The molecule has 20 heavy (non-hydrogen) atoms. The summed E-state index contributed by atoms with van der Waals surface area (Å²) in [6.07, 6.45) is 0. The van der Waals surface area contributed by atoms with Gasteiger partial charge in [-0.15, -0.1) is 11.3 Å². The highest BCUT2D eigenvalue weighted by atomic mass is 79.9. The summed E-state index contributed by atoms with van der Waals surface area (Å²) in [4.78, 5) is 11.9. The number of nitrogens with one attached hydrogen (secondary N) is 1. The molecule has 0 unspecified atom stereocenters. The zero-order chi connectivity index (χ0) is 14.4. The van der Waals surface area contributed by atoms with Crippen LogP contribution in [-0.2, 0) is 6.54 Å². The number of hydrogen-bond acceptors (Lipinski definition) is 3. The van der Waals surface area contributed by atoms with Gasteiger partial charge in [0.1, 0.15) is 0 Å². The molecule has 1 heterocycles. The predicted molar refractivity (Wildman–Crippen MR) is 85.6 cm³/mol. The van der Waals surface area contributed by atoms with Gasteiger partial charge in [0, 0.05) is 17.5 Å². The molecule has 0 radical (unpaired) electrons. The SMILES string of the molecule is NCC#Cc1ccc(CNC(=O)c2csc(Br)c2)cc1. The third-order valence-corrected chi connectivity index (χ3v) is 4.08. The molecule has 1 aromatic heterocycles. The fourth-order valence-electron chi connectivity index (χ4n) is 1.57. The molecule has 0 aliphatic heterocycles. The van der Waals surface area contributed by atoms with Crippen molar-refractivity contribution in [1.29, 1.82) is 0 Å². The molecule has 0 spiro atoms. The van der Waals surface area contributed by atoms with E-state index in [1.54, 1.807) is 0 Å². The van der Waals surface area contributed by atoms with Crippen molar-refractivity contribution >= 4 is 33.2 Å². The first kappa shape index (κ1) is 14.8. The topological polar surface area (TPSA) is 55.1 Å². The van der Waals surface area contributed by atoms with Crippen LogP contribution in [0.5, 0.6) is 0 Å². The highest BCUT2D eigenvalue weighted by Gasteiger charge is 2.07. The van der Waals surface area contributed by atoms with Crippen LogP contribution in [0.25, 0.3) is 0 Å². The standard InChI is InChI=1S/C15H13BrN2OS/c16-14-8-13(10-20-14)15(19)18-9-12-5-3-11(4-6-12)2-1-7-17/h3-6,8,10H,7,9,17H2,(H,18,19). The zero-order valence-corrected chi connectivity index (χ0v) is 13.1. The fraction of sp³-hybridized carbons (Fsp3) is 0.133. The minimum absolute atomic E-state index is 0.0704. The van der Waals surface area contributed by atoms with E-state index in [2.05, 4.69) is 33.1 Å². The van der Waals surface area contributed by atoms with Crippen molar-refractivity contribution in [2.75, 3.05) is 6.54 Å².